The number of nitrogens with zero attached hydrogens (tertiary/aromatic N) is 1. The summed E-state index contributed by atoms with van der Waals surface area (Å²) in [6, 6.07) is 8.55. The summed E-state index contributed by atoms with van der Waals surface area (Å²) in [5, 5.41) is 0. The van der Waals surface area contributed by atoms with Gasteiger partial charge >= 0.3 is 0 Å². The summed E-state index contributed by atoms with van der Waals surface area (Å²) >= 11 is 0. The minimum Gasteiger partial charge on any atom is -0.329 e. The third-order valence-electron chi connectivity index (χ3n) is 3.45. The lowest BCUT2D eigenvalue weighted by Crippen LogP contribution is -2.49. The lowest BCUT2D eigenvalue weighted by molar-refractivity contribution is 0.274. The molecule has 0 aliphatic carbocycles. The van der Waals surface area contributed by atoms with Crippen LogP contribution in [0.5, 0.6) is 0 Å². The van der Waals surface area contributed by atoms with Gasteiger partial charge in [0.1, 0.15) is 0 Å². The molecule has 17 heavy (non-hydrogen) atoms. The molecule has 4 nitrogen and oxygen atoms in total. The maximum atomic E-state index is 12.5. The monoisotopic (exact) mass is 254 g/mol. The van der Waals surface area contributed by atoms with Crippen molar-refractivity contribution in [3.8, 4) is 0 Å². The molecule has 0 radical (unpaired) electrons. The van der Waals surface area contributed by atoms with Crippen molar-refractivity contribution in [2.45, 2.75) is 30.2 Å². The maximum absolute atomic E-state index is 12.5. The Morgan fingerprint density at radius 3 is 2.59 bits per heavy atom. The SMILES string of the molecule is CC1(CN)CCCN1S(=O)(=O)c1ccccc1. The molecule has 0 aromatic heterocycles. The second kappa shape index (κ2) is 4.40. The second-order valence-electron chi connectivity index (χ2n) is 4.69. The first-order chi connectivity index (χ1) is 8.00. The molecule has 1 aromatic carbocycles. The van der Waals surface area contributed by atoms with Crippen molar-refractivity contribution < 1.29 is 8.42 Å². The molecule has 1 aliphatic rings. The van der Waals surface area contributed by atoms with E-state index in [1.807, 2.05) is 13.0 Å². The van der Waals surface area contributed by atoms with Crippen LogP contribution in [0.15, 0.2) is 35.2 Å². The largest absolute Gasteiger partial charge is 0.329 e. The van der Waals surface area contributed by atoms with E-state index in [2.05, 4.69) is 0 Å². The number of benzene rings is 1. The fourth-order valence-corrected chi connectivity index (χ4v) is 4.20. The topological polar surface area (TPSA) is 63.4 Å². The van der Waals surface area contributed by atoms with Crippen LogP contribution >= 0.6 is 0 Å². The van der Waals surface area contributed by atoms with Gasteiger partial charge < -0.3 is 5.73 Å². The average molecular weight is 254 g/mol. The minimum atomic E-state index is -3.41. The minimum absolute atomic E-state index is 0.349. The van der Waals surface area contributed by atoms with Crippen LogP contribution in [-0.2, 0) is 10.0 Å². The van der Waals surface area contributed by atoms with E-state index in [0.717, 1.165) is 12.8 Å². The first-order valence-electron chi connectivity index (χ1n) is 5.79. The van der Waals surface area contributed by atoms with Crippen LogP contribution in [0.25, 0.3) is 0 Å². The Morgan fingerprint density at radius 2 is 2.00 bits per heavy atom. The van der Waals surface area contributed by atoms with Crippen LogP contribution in [0.3, 0.4) is 0 Å². The molecule has 0 bridgehead atoms. The molecule has 5 heteroatoms. The third-order valence-corrected chi connectivity index (χ3v) is 5.52. The molecular weight excluding hydrogens is 236 g/mol. The Bertz CT molecular complexity index is 486. The first kappa shape index (κ1) is 12.5. The fraction of sp³-hybridized carbons (Fsp3) is 0.500. The van der Waals surface area contributed by atoms with Gasteiger partial charge in [0.15, 0.2) is 0 Å². The van der Waals surface area contributed by atoms with E-state index in [1.54, 1.807) is 28.6 Å². The predicted molar refractivity (Wildman–Crippen MR) is 67.0 cm³/mol. The maximum Gasteiger partial charge on any atom is 0.243 e. The van der Waals surface area contributed by atoms with Gasteiger partial charge in [-0.25, -0.2) is 8.42 Å². The van der Waals surface area contributed by atoms with E-state index < -0.39 is 15.6 Å². The number of rotatable bonds is 3. The highest BCUT2D eigenvalue weighted by Crippen LogP contribution is 2.33. The van der Waals surface area contributed by atoms with Gasteiger partial charge in [0.2, 0.25) is 10.0 Å². The van der Waals surface area contributed by atoms with Gasteiger partial charge in [-0.2, -0.15) is 4.31 Å². The van der Waals surface area contributed by atoms with Crippen LogP contribution in [0, 0.1) is 0 Å². The average Bonchev–Trinajstić information content (AvgIpc) is 2.74. The summed E-state index contributed by atoms with van der Waals surface area (Å²) in [6.07, 6.45) is 1.70. The Balaban J connectivity index is 2.40. The van der Waals surface area contributed by atoms with Crippen molar-refractivity contribution in [2.75, 3.05) is 13.1 Å². The zero-order chi connectivity index (χ0) is 12.5. The molecule has 0 spiro atoms. The Kier molecular flexibility index (Phi) is 3.25. The van der Waals surface area contributed by atoms with E-state index in [-0.39, 0.29) is 0 Å². The van der Waals surface area contributed by atoms with E-state index >= 15 is 0 Å². The lowest BCUT2D eigenvalue weighted by atomic mass is 10.0. The van der Waals surface area contributed by atoms with E-state index in [4.69, 9.17) is 5.73 Å². The van der Waals surface area contributed by atoms with E-state index in [1.165, 1.54) is 0 Å². The molecule has 1 unspecified atom stereocenters. The Hall–Kier alpha value is -0.910. The Morgan fingerprint density at radius 1 is 1.35 bits per heavy atom. The molecule has 2 N–H and O–H groups in total. The zero-order valence-corrected chi connectivity index (χ0v) is 10.8. The van der Waals surface area contributed by atoms with E-state index in [0.29, 0.717) is 18.0 Å². The lowest BCUT2D eigenvalue weighted by Gasteiger charge is -2.33. The normalized spacial score (nSPS) is 26.2. The third kappa shape index (κ3) is 2.10. The second-order valence-corrected chi connectivity index (χ2v) is 6.56. The molecule has 0 amide bonds. The molecule has 0 saturated carbocycles. The molecular formula is C12H18N2O2S. The van der Waals surface area contributed by atoms with E-state index in [9.17, 15) is 8.42 Å². The van der Waals surface area contributed by atoms with Gasteiger partial charge in [-0.3, -0.25) is 0 Å². The van der Waals surface area contributed by atoms with Crippen molar-refractivity contribution >= 4 is 10.0 Å². The Labute approximate surface area is 102 Å². The summed E-state index contributed by atoms with van der Waals surface area (Å²) in [6.45, 7) is 2.84. The van der Waals surface area contributed by atoms with Crippen LogP contribution in [0.4, 0.5) is 0 Å². The van der Waals surface area contributed by atoms with Gasteiger partial charge in [0.25, 0.3) is 0 Å². The number of nitrogens with two attached hydrogens (primary N) is 1. The molecule has 2 rings (SSSR count). The highest BCUT2D eigenvalue weighted by Gasteiger charge is 2.43. The number of hydrogen-bond acceptors (Lipinski definition) is 3. The molecule has 1 aromatic rings. The molecule has 1 aliphatic heterocycles. The summed E-state index contributed by atoms with van der Waals surface area (Å²) in [7, 11) is -3.41. The van der Waals surface area contributed by atoms with Crippen molar-refractivity contribution in [1.29, 1.82) is 0 Å². The number of hydrogen-bond donors (Lipinski definition) is 1. The van der Waals surface area contributed by atoms with Crippen LogP contribution < -0.4 is 5.73 Å². The van der Waals surface area contributed by atoms with Crippen LogP contribution in [0.2, 0.25) is 0 Å². The van der Waals surface area contributed by atoms with Gasteiger partial charge in [-0.05, 0) is 31.9 Å². The zero-order valence-electron chi connectivity index (χ0n) is 9.96. The summed E-state index contributed by atoms with van der Waals surface area (Å²) in [5.74, 6) is 0. The summed E-state index contributed by atoms with van der Waals surface area (Å²) in [4.78, 5) is 0.349. The van der Waals surface area contributed by atoms with Crippen molar-refractivity contribution in [3.63, 3.8) is 0 Å². The highest BCUT2D eigenvalue weighted by atomic mass is 32.2. The van der Waals surface area contributed by atoms with Gasteiger partial charge in [0, 0.05) is 18.6 Å². The van der Waals surface area contributed by atoms with Gasteiger partial charge in [0.05, 0.1) is 4.90 Å². The smallest absolute Gasteiger partial charge is 0.243 e. The molecule has 1 atom stereocenters. The highest BCUT2D eigenvalue weighted by molar-refractivity contribution is 7.89. The standard InChI is InChI=1S/C12H18N2O2S/c1-12(10-13)8-5-9-14(12)17(15,16)11-6-3-2-4-7-11/h2-4,6-7H,5,8-10,13H2,1H3. The summed E-state index contributed by atoms with van der Waals surface area (Å²) in [5.41, 5.74) is 5.29. The van der Waals surface area contributed by atoms with Crippen molar-refractivity contribution in [2.24, 2.45) is 5.73 Å². The number of sulfonamides is 1. The molecule has 94 valence electrons. The predicted octanol–water partition coefficient (Wildman–Crippen LogP) is 1.19. The summed E-state index contributed by atoms with van der Waals surface area (Å²) < 4.78 is 26.5. The molecule has 1 saturated heterocycles. The van der Waals surface area contributed by atoms with Crippen molar-refractivity contribution in [3.05, 3.63) is 30.3 Å². The quantitative estimate of drug-likeness (QED) is 0.881. The van der Waals surface area contributed by atoms with Gasteiger partial charge in [-0.1, -0.05) is 18.2 Å². The van der Waals surface area contributed by atoms with Crippen molar-refractivity contribution in [1.82, 2.24) is 4.31 Å². The molecule has 1 heterocycles. The van der Waals surface area contributed by atoms with Crippen LogP contribution in [-0.4, -0.2) is 31.4 Å². The first-order valence-corrected chi connectivity index (χ1v) is 7.23. The fourth-order valence-electron chi connectivity index (χ4n) is 2.33. The van der Waals surface area contributed by atoms with Gasteiger partial charge in [-0.15, -0.1) is 0 Å². The molecule has 1 fully saturated rings. The van der Waals surface area contributed by atoms with Crippen LogP contribution in [0.1, 0.15) is 19.8 Å².